The number of rotatable bonds is 4. The number of hydrogen-bond acceptors (Lipinski definition) is 6. The first-order valence-corrected chi connectivity index (χ1v) is 6.41. The molecule has 0 fully saturated rings. The zero-order valence-electron chi connectivity index (χ0n) is 10.3. The van der Waals surface area contributed by atoms with Crippen molar-refractivity contribution in [2.24, 2.45) is 0 Å². The molecular formula is C11H14ClN3O2S. The number of methoxy groups -OCH3 is 1. The molecule has 1 aromatic rings. The van der Waals surface area contributed by atoms with Crippen LogP contribution in [0.2, 0.25) is 5.15 Å². The number of esters is 1. The van der Waals surface area contributed by atoms with Gasteiger partial charge in [-0.15, -0.1) is 0 Å². The number of aromatic nitrogens is 2. The smallest absolute Gasteiger partial charge is 0.330 e. The van der Waals surface area contributed by atoms with Crippen LogP contribution >= 0.6 is 23.4 Å². The molecule has 0 aliphatic carbocycles. The Morgan fingerprint density at radius 3 is 2.83 bits per heavy atom. The van der Waals surface area contributed by atoms with Gasteiger partial charge >= 0.3 is 5.97 Å². The number of anilines is 1. The number of ether oxygens (including phenoxy) is 1. The van der Waals surface area contributed by atoms with Crippen molar-refractivity contribution in [1.29, 1.82) is 0 Å². The molecule has 1 aromatic heterocycles. The maximum atomic E-state index is 11.1. The molecule has 98 valence electrons. The molecule has 0 amide bonds. The van der Waals surface area contributed by atoms with E-state index >= 15 is 0 Å². The molecule has 1 heterocycles. The molecule has 0 bridgehead atoms. The predicted octanol–water partition coefficient (Wildman–Crippen LogP) is 2.31. The van der Waals surface area contributed by atoms with Crippen molar-refractivity contribution in [2.45, 2.75) is 24.3 Å². The highest BCUT2D eigenvalue weighted by Crippen LogP contribution is 2.26. The number of nitrogens with two attached hydrogens (primary N) is 1. The third kappa shape index (κ3) is 4.54. The second-order valence-corrected chi connectivity index (χ2v) is 5.26. The summed E-state index contributed by atoms with van der Waals surface area (Å²) in [6.45, 7) is 3.77. The van der Waals surface area contributed by atoms with Crippen LogP contribution in [0.25, 0.3) is 0 Å². The Bertz CT molecular complexity index is 459. The lowest BCUT2D eigenvalue weighted by atomic mass is 10.2. The van der Waals surface area contributed by atoms with Crippen LogP contribution in [0.5, 0.6) is 0 Å². The lowest BCUT2D eigenvalue weighted by molar-refractivity contribution is -0.134. The molecule has 0 saturated carbocycles. The van der Waals surface area contributed by atoms with Gasteiger partial charge in [0, 0.05) is 17.4 Å². The number of halogens is 1. The van der Waals surface area contributed by atoms with Crippen LogP contribution in [-0.2, 0) is 9.53 Å². The van der Waals surface area contributed by atoms with E-state index in [1.54, 1.807) is 0 Å². The summed E-state index contributed by atoms with van der Waals surface area (Å²) in [7, 11) is 1.34. The fraction of sp³-hybridized carbons (Fsp3) is 0.364. The van der Waals surface area contributed by atoms with Crippen molar-refractivity contribution in [3.05, 3.63) is 22.9 Å². The molecule has 0 aliphatic heterocycles. The molecule has 1 atom stereocenters. The minimum atomic E-state index is -0.383. The molecular weight excluding hydrogens is 274 g/mol. The van der Waals surface area contributed by atoms with E-state index in [9.17, 15) is 4.79 Å². The zero-order valence-corrected chi connectivity index (χ0v) is 11.9. The Morgan fingerprint density at radius 2 is 2.28 bits per heavy atom. The Balaban J connectivity index is 2.78. The van der Waals surface area contributed by atoms with E-state index < -0.39 is 0 Å². The standard InChI is InChI=1S/C11H14ClN3O2S/c1-6(4-10(16)17-3)7(2)18-11-14-8(12)5-9(13)15-11/h4-5,7H,1-3H3,(H2,13,14,15)/b6-4+/t7-/m0/s1. The average Bonchev–Trinajstić information content (AvgIpc) is 2.27. The quantitative estimate of drug-likeness (QED) is 0.301. The van der Waals surface area contributed by atoms with E-state index in [-0.39, 0.29) is 11.2 Å². The highest BCUT2D eigenvalue weighted by Gasteiger charge is 2.11. The molecule has 0 unspecified atom stereocenters. The molecule has 5 nitrogen and oxygen atoms in total. The molecule has 1 rings (SSSR count). The second-order valence-electron chi connectivity index (χ2n) is 3.57. The van der Waals surface area contributed by atoms with Crippen molar-refractivity contribution in [2.75, 3.05) is 12.8 Å². The lowest BCUT2D eigenvalue weighted by Crippen LogP contribution is -2.05. The van der Waals surface area contributed by atoms with Gasteiger partial charge in [0.1, 0.15) is 11.0 Å². The van der Waals surface area contributed by atoms with Crippen LogP contribution in [-0.4, -0.2) is 28.3 Å². The maximum absolute atomic E-state index is 11.1. The molecule has 0 spiro atoms. The molecule has 0 radical (unpaired) electrons. The van der Waals surface area contributed by atoms with E-state index in [0.29, 0.717) is 16.1 Å². The summed E-state index contributed by atoms with van der Waals surface area (Å²) in [5.74, 6) is -0.0641. The summed E-state index contributed by atoms with van der Waals surface area (Å²) >= 11 is 7.16. The van der Waals surface area contributed by atoms with Crippen LogP contribution in [0.15, 0.2) is 22.9 Å². The van der Waals surface area contributed by atoms with Crippen molar-refractivity contribution in [3.63, 3.8) is 0 Å². The van der Waals surface area contributed by atoms with Gasteiger partial charge in [-0.3, -0.25) is 0 Å². The van der Waals surface area contributed by atoms with Gasteiger partial charge < -0.3 is 10.5 Å². The van der Waals surface area contributed by atoms with E-state index in [0.717, 1.165) is 5.57 Å². The van der Waals surface area contributed by atoms with E-state index in [4.69, 9.17) is 17.3 Å². The van der Waals surface area contributed by atoms with Gasteiger partial charge in [-0.2, -0.15) is 0 Å². The van der Waals surface area contributed by atoms with Crippen molar-refractivity contribution in [1.82, 2.24) is 9.97 Å². The average molecular weight is 288 g/mol. The summed E-state index contributed by atoms with van der Waals surface area (Å²) in [5.41, 5.74) is 6.43. The first kappa shape index (κ1) is 14.8. The Labute approximate surface area is 115 Å². The first-order valence-electron chi connectivity index (χ1n) is 5.15. The van der Waals surface area contributed by atoms with E-state index in [1.165, 1.54) is 31.0 Å². The summed E-state index contributed by atoms with van der Waals surface area (Å²) in [6.07, 6.45) is 1.44. The van der Waals surface area contributed by atoms with Gasteiger partial charge in [-0.25, -0.2) is 14.8 Å². The largest absolute Gasteiger partial charge is 0.466 e. The Morgan fingerprint density at radius 1 is 1.61 bits per heavy atom. The second kappa shape index (κ2) is 6.61. The fourth-order valence-electron chi connectivity index (χ4n) is 1.08. The summed E-state index contributed by atoms with van der Waals surface area (Å²) < 4.78 is 4.56. The van der Waals surface area contributed by atoms with E-state index in [1.807, 2.05) is 13.8 Å². The highest BCUT2D eigenvalue weighted by atomic mass is 35.5. The number of nitrogens with zero attached hydrogens (tertiary/aromatic N) is 2. The summed E-state index contributed by atoms with van der Waals surface area (Å²) in [4.78, 5) is 19.2. The minimum Gasteiger partial charge on any atom is -0.466 e. The monoisotopic (exact) mass is 287 g/mol. The number of carbonyl (C=O) groups is 1. The van der Waals surface area contributed by atoms with Crippen molar-refractivity contribution in [3.8, 4) is 0 Å². The normalized spacial score (nSPS) is 13.2. The number of carbonyl (C=O) groups excluding carboxylic acids is 1. The Hall–Kier alpha value is -1.27. The highest BCUT2D eigenvalue weighted by molar-refractivity contribution is 7.99. The van der Waals surface area contributed by atoms with Gasteiger partial charge in [0.25, 0.3) is 0 Å². The number of hydrogen-bond donors (Lipinski definition) is 1. The minimum absolute atomic E-state index is 0.0157. The van der Waals surface area contributed by atoms with E-state index in [2.05, 4.69) is 14.7 Å². The van der Waals surface area contributed by atoms with Crippen LogP contribution in [0, 0.1) is 0 Å². The predicted molar refractivity (Wildman–Crippen MR) is 72.5 cm³/mol. The SMILES string of the molecule is COC(=O)/C=C(\C)[C@H](C)Sc1nc(N)cc(Cl)n1. The number of thioether (sulfide) groups is 1. The van der Waals surface area contributed by atoms with Gasteiger partial charge in [0.15, 0.2) is 5.16 Å². The third-order valence-corrected chi connectivity index (χ3v) is 3.48. The molecule has 7 heteroatoms. The Kier molecular flexibility index (Phi) is 5.43. The molecule has 18 heavy (non-hydrogen) atoms. The summed E-state index contributed by atoms with van der Waals surface area (Å²) in [5, 5.41) is 0.791. The van der Waals surface area contributed by atoms with Gasteiger partial charge in [-0.05, 0) is 13.8 Å². The molecule has 0 aliphatic rings. The zero-order chi connectivity index (χ0) is 13.7. The first-order chi connectivity index (χ1) is 8.42. The van der Waals surface area contributed by atoms with Crippen LogP contribution in [0.4, 0.5) is 5.82 Å². The number of nitrogen functional groups attached to an aromatic ring is 1. The van der Waals surface area contributed by atoms with Crippen molar-refractivity contribution < 1.29 is 9.53 Å². The van der Waals surface area contributed by atoms with Crippen LogP contribution in [0.3, 0.4) is 0 Å². The lowest BCUT2D eigenvalue weighted by Gasteiger charge is -2.10. The molecule has 0 aromatic carbocycles. The van der Waals surface area contributed by atoms with Crippen molar-refractivity contribution >= 4 is 35.1 Å². The summed E-state index contributed by atoms with van der Waals surface area (Å²) in [6, 6.07) is 1.48. The van der Waals surface area contributed by atoms with Gasteiger partial charge in [0.05, 0.1) is 7.11 Å². The van der Waals surface area contributed by atoms with Crippen LogP contribution in [0.1, 0.15) is 13.8 Å². The fourth-order valence-corrected chi connectivity index (χ4v) is 2.20. The molecule has 0 saturated heterocycles. The maximum Gasteiger partial charge on any atom is 0.330 e. The third-order valence-electron chi connectivity index (χ3n) is 2.16. The van der Waals surface area contributed by atoms with Crippen LogP contribution < -0.4 is 5.73 Å². The molecule has 2 N–H and O–H groups in total. The topological polar surface area (TPSA) is 78.1 Å². The van der Waals surface area contributed by atoms with Gasteiger partial charge in [0.2, 0.25) is 0 Å². The van der Waals surface area contributed by atoms with Gasteiger partial charge in [-0.1, -0.05) is 28.9 Å².